The second-order valence-corrected chi connectivity index (χ2v) is 4.86. The molecule has 0 bridgehead atoms. The van der Waals surface area contributed by atoms with Crippen LogP contribution < -0.4 is 4.74 Å². The van der Waals surface area contributed by atoms with Crippen molar-refractivity contribution < 1.29 is 38.1 Å². The lowest BCUT2D eigenvalue weighted by atomic mass is 9.82. The van der Waals surface area contributed by atoms with Gasteiger partial charge in [-0.05, 0) is 24.6 Å². The van der Waals surface area contributed by atoms with Gasteiger partial charge in [0.1, 0.15) is 5.75 Å². The van der Waals surface area contributed by atoms with E-state index in [1.165, 1.54) is 38.3 Å². The van der Waals surface area contributed by atoms with Crippen LogP contribution in [-0.2, 0) is 33.4 Å². The van der Waals surface area contributed by atoms with E-state index in [0.717, 1.165) is 14.2 Å². The highest BCUT2D eigenvalue weighted by atomic mass is 16.5. The average molecular weight is 352 g/mol. The monoisotopic (exact) mass is 352 g/mol. The van der Waals surface area contributed by atoms with Gasteiger partial charge < -0.3 is 18.9 Å². The summed E-state index contributed by atoms with van der Waals surface area (Å²) in [6.07, 6.45) is 0. The van der Waals surface area contributed by atoms with Crippen LogP contribution in [0.25, 0.3) is 0 Å². The molecule has 25 heavy (non-hydrogen) atoms. The molecule has 0 aliphatic heterocycles. The largest absolute Gasteiger partial charge is 0.497 e. The molecule has 0 aliphatic carbocycles. The van der Waals surface area contributed by atoms with Crippen LogP contribution in [0.3, 0.4) is 0 Å². The average Bonchev–Trinajstić information content (AvgIpc) is 2.64. The number of Topliss-reactive ketones (excluding diaryl/α,β-unsaturated/α-hetero) is 1. The van der Waals surface area contributed by atoms with Crippen molar-refractivity contribution in [3.8, 4) is 5.75 Å². The standard InChI is InChI=1S/C17H20O8/c1-5-25-17(21)14(18)12(10-6-8-11(22-2)9-7-10)13(15(19)23-3)16(20)24-4/h6-9,12-13H,5H2,1-4H3. The number of carbonyl (C=O) groups is 4. The summed E-state index contributed by atoms with van der Waals surface area (Å²) in [5.74, 6) is -6.77. The Morgan fingerprint density at radius 3 is 1.84 bits per heavy atom. The van der Waals surface area contributed by atoms with Crippen LogP contribution in [0.2, 0.25) is 0 Å². The van der Waals surface area contributed by atoms with Crippen molar-refractivity contribution in [2.75, 3.05) is 27.9 Å². The fraction of sp³-hybridized carbons (Fsp3) is 0.412. The summed E-state index contributed by atoms with van der Waals surface area (Å²) in [5.41, 5.74) is 0.250. The summed E-state index contributed by atoms with van der Waals surface area (Å²) in [7, 11) is 3.60. The third-order valence-corrected chi connectivity index (χ3v) is 3.48. The van der Waals surface area contributed by atoms with Crippen LogP contribution in [0.15, 0.2) is 24.3 Å². The van der Waals surface area contributed by atoms with Crippen LogP contribution in [0.5, 0.6) is 5.75 Å². The zero-order valence-electron chi connectivity index (χ0n) is 14.4. The number of carbonyl (C=O) groups excluding carboxylic acids is 4. The SMILES string of the molecule is CCOC(=O)C(=O)C(c1ccc(OC)cc1)C(C(=O)OC)C(=O)OC. The predicted molar refractivity (Wildman–Crippen MR) is 84.9 cm³/mol. The highest BCUT2D eigenvalue weighted by molar-refractivity contribution is 6.37. The van der Waals surface area contributed by atoms with Gasteiger partial charge >= 0.3 is 17.9 Å². The molecule has 0 N–H and O–H groups in total. The Kier molecular flexibility index (Phi) is 7.58. The first kappa shape index (κ1) is 20.1. The van der Waals surface area contributed by atoms with Gasteiger partial charge in [0.25, 0.3) is 0 Å². The van der Waals surface area contributed by atoms with Crippen molar-refractivity contribution in [1.29, 1.82) is 0 Å². The number of esters is 3. The first-order chi connectivity index (χ1) is 11.9. The van der Waals surface area contributed by atoms with Crippen LogP contribution >= 0.6 is 0 Å². The maximum atomic E-state index is 12.5. The van der Waals surface area contributed by atoms with Crippen LogP contribution in [0.1, 0.15) is 18.4 Å². The topological polar surface area (TPSA) is 105 Å². The number of ketones is 1. The summed E-state index contributed by atoms with van der Waals surface area (Å²) >= 11 is 0. The summed E-state index contributed by atoms with van der Waals surface area (Å²) in [4.78, 5) is 48.6. The predicted octanol–water partition coefficient (Wildman–Crippen LogP) is 0.873. The fourth-order valence-electron chi connectivity index (χ4n) is 2.26. The molecule has 136 valence electrons. The van der Waals surface area contributed by atoms with E-state index in [1.54, 1.807) is 0 Å². The Morgan fingerprint density at radius 2 is 1.44 bits per heavy atom. The molecule has 0 spiro atoms. The van der Waals surface area contributed by atoms with Gasteiger partial charge in [0.2, 0.25) is 5.78 Å². The van der Waals surface area contributed by atoms with Gasteiger partial charge in [-0.15, -0.1) is 0 Å². The molecule has 1 rings (SSSR count). The first-order valence-electron chi connectivity index (χ1n) is 7.41. The Labute approximate surface area is 145 Å². The molecule has 0 heterocycles. The normalized spacial score (nSPS) is 11.4. The van der Waals surface area contributed by atoms with E-state index < -0.39 is 35.5 Å². The molecule has 0 aromatic heterocycles. The van der Waals surface area contributed by atoms with Crippen LogP contribution in [0.4, 0.5) is 0 Å². The second-order valence-electron chi connectivity index (χ2n) is 4.86. The Bertz CT molecular complexity index is 619. The highest BCUT2D eigenvalue weighted by Crippen LogP contribution is 2.30. The van der Waals surface area contributed by atoms with E-state index in [1.807, 2.05) is 0 Å². The van der Waals surface area contributed by atoms with Crippen LogP contribution in [0, 0.1) is 5.92 Å². The molecule has 0 radical (unpaired) electrons. The molecular formula is C17H20O8. The minimum absolute atomic E-state index is 0.0268. The van der Waals surface area contributed by atoms with Crippen molar-refractivity contribution in [3.63, 3.8) is 0 Å². The zero-order valence-corrected chi connectivity index (χ0v) is 14.4. The number of benzene rings is 1. The van der Waals surface area contributed by atoms with Crippen molar-refractivity contribution >= 4 is 23.7 Å². The molecule has 0 amide bonds. The lowest BCUT2D eigenvalue weighted by Crippen LogP contribution is -2.39. The third-order valence-electron chi connectivity index (χ3n) is 3.48. The minimum atomic E-state index is -1.64. The van der Waals surface area contributed by atoms with E-state index in [9.17, 15) is 19.2 Å². The van der Waals surface area contributed by atoms with Gasteiger partial charge in [0.15, 0.2) is 5.92 Å². The van der Waals surface area contributed by atoms with Gasteiger partial charge in [0, 0.05) is 0 Å². The van der Waals surface area contributed by atoms with Crippen LogP contribution in [-0.4, -0.2) is 51.6 Å². The molecule has 1 unspecified atom stereocenters. The number of ether oxygens (including phenoxy) is 4. The zero-order chi connectivity index (χ0) is 19.0. The van der Waals surface area contributed by atoms with Gasteiger partial charge in [0.05, 0.1) is 33.9 Å². The summed E-state index contributed by atoms with van der Waals surface area (Å²) in [5, 5.41) is 0. The molecule has 0 saturated carbocycles. The fourth-order valence-corrected chi connectivity index (χ4v) is 2.26. The van der Waals surface area contributed by atoms with E-state index in [4.69, 9.17) is 9.47 Å². The lowest BCUT2D eigenvalue weighted by molar-refractivity contribution is -0.163. The molecule has 8 heteroatoms. The maximum Gasteiger partial charge on any atom is 0.375 e. The molecule has 1 aromatic rings. The number of methoxy groups -OCH3 is 3. The Morgan fingerprint density at radius 1 is 0.920 bits per heavy atom. The quantitative estimate of drug-likeness (QED) is 0.294. The molecular weight excluding hydrogens is 332 g/mol. The minimum Gasteiger partial charge on any atom is -0.497 e. The van der Waals surface area contributed by atoms with Gasteiger partial charge in [-0.25, -0.2) is 4.79 Å². The van der Waals surface area contributed by atoms with E-state index in [0.29, 0.717) is 5.75 Å². The number of hydrogen-bond acceptors (Lipinski definition) is 8. The Hall–Kier alpha value is -2.90. The van der Waals surface area contributed by atoms with E-state index >= 15 is 0 Å². The van der Waals surface area contributed by atoms with Gasteiger partial charge in [-0.2, -0.15) is 0 Å². The molecule has 0 aliphatic rings. The number of rotatable bonds is 8. The molecule has 8 nitrogen and oxygen atoms in total. The lowest BCUT2D eigenvalue weighted by Gasteiger charge is -2.22. The van der Waals surface area contributed by atoms with Gasteiger partial charge in [-0.3, -0.25) is 14.4 Å². The smallest absolute Gasteiger partial charge is 0.375 e. The van der Waals surface area contributed by atoms with Crippen molar-refractivity contribution in [2.24, 2.45) is 5.92 Å². The summed E-state index contributed by atoms with van der Waals surface area (Å²) in [6, 6.07) is 6.01. The van der Waals surface area contributed by atoms with Crippen molar-refractivity contribution in [1.82, 2.24) is 0 Å². The van der Waals surface area contributed by atoms with Crippen molar-refractivity contribution in [2.45, 2.75) is 12.8 Å². The molecule has 0 saturated heterocycles. The van der Waals surface area contributed by atoms with Crippen molar-refractivity contribution in [3.05, 3.63) is 29.8 Å². The highest BCUT2D eigenvalue weighted by Gasteiger charge is 2.44. The molecule has 1 aromatic carbocycles. The first-order valence-corrected chi connectivity index (χ1v) is 7.41. The third kappa shape index (κ3) is 4.79. The molecule has 0 fully saturated rings. The van der Waals surface area contributed by atoms with Gasteiger partial charge in [-0.1, -0.05) is 12.1 Å². The molecule has 1 atom stereocenters. The summed E-state index contributed by atoms with van der Waals surface area (Å²) in [6.45, 7) is 1.51. The van der Waals surface area contributed by atoms with E-state index in [2.05, 4.69) is 9.47 Å². The second kappa shape index (κ2) is 9.41. The Balaban J connectivity index is 3.42. The number of hydrogen-bond donors (Lipinski definition) is 0. The summed E-state index contributed by atoms with van der Waals surface area (Å²) < 4.78 is 19.0. The van der Waals surface area contributed by atoms with E-state index in [-0.39, 0.29) is 12.2 Å². The maximum absolute atomic E-state index is 12.5.